The minimum absolute atomic E-state index is 0.501. The zero-order valence-corrected chi connectivity index (χ0v) is 13.6. The number of anilines is 1. The number of amides is 3. The minimum Gasteiger partial charge on any atom is -0.370 e. The first-order valence-corrected chi connectivity index (χ1v) is 7.44. The van der Waals surface area contributed by atoms with Crippen molar-refractivity contribution < 1.29 is 9.59 Å². The summed E-state index contributed by atoms with van der Waals surface area (Å²) in [6.07, 6.45) is 0. The molecule has 2 rings (SSSR count). The Bertz CT molecular complexity index is 689. The van der Waals surface area contributed by atoms with Crippen molar-refractivity contribution in [2.75, 3.05) is 5.32 Å². The van der Waals surface area contributed by atoms with E-state index in [1.807, 2.05) is 55.5 Å². The SMILES string of the molecule is Cc1cc(N[C@H](C(=O)NC(N)=O)c2ccccc2)ccc1Br. The van der Waals surface area contributed by atoms with Gasteiger partial charge in [-0.15, -0.1) is 0 Å². The maximum absolute atomic E-state index is 12.2. The lowest BCUT2D eigenvalue weighted by Crippen LogP contribution is -2.40. The van der Waals surface area contributed by atoms with Gasteiger partial charge in [-0.3, -0.25) is 10.1 Å². The molecular formula is C16H16BrN3O2. The van der Waals surface area contributed by atoms with E-state index >= 15 is 0 Å². The number of carbonyl (C=O) groups excluding carboxylic acids is 2. The number of halogens is 1. The smallest absolute Gasteiger partial charge is 0.318 e. The lowest BCUT2D eigenvalue weighted by atomic mass is 10.1. The summed E-state index contributed by atoms with van der Waals surface area (Å²) in [5.41, 5.74) is 7.59. The first-order chi connectivity index (χ1) is 10.5. The van der Waals surface area contributed by atoms with Crippen LogP contribution in [0, 0.1) is 6.92 Å². The van der Waals surface area contributed by atoms with Crippen molar-refractivity contribution in [1.29, 1.82) is 0 Å². The van der Waals surface area contributed by atoms with Gasteiger partial charge >= 0.3 is 6.03 Å². The molecule has 6 heteroatoms. The monoisotopic (exact) mass is 361 g/mol. The molecule has 3 amide bonds. The van der Waals surface area contributed by atoms with Crippen molar-refractivity contribution in [3.05, 3.63) is 64.1 Å². The maximum atomic E-state index is 12.2. The second-order valence-electron chi connectivity index (χ2n) is 4.81. The Morgan fingerprint density at radius 2 is 1.82 bits per heavy atom. The number of nitrogens with two attached hydrogens (primary N) is 1. The molecule has 4 N–H and O–H groups in total. The highest BCUT2D eigenvalue weighted by Gasteiger charge is 2.21. The van der Waals surface area contributed by atoms with Gasteiger partial charge < -0.3 is 11.1 Å². The normalized spacial score (nSPS) is 11.5. The predicted octanol–water partition coefficient (Wildman–Crippen LogP) is 3.11. The van der Waals surface area contributed by atoms with Crippen LogP contribution < -0.4 is 16.4 Å². The van der Waals surface area contributed by atoms with E-state index in [-0.39, 0.29) is 0 Å². The third-order valence-corrected chi connectivity index (χ3v) is 4.00. The number of primary amides is 1. The Kier molecular flexibility index (Phi) is 5.16. The van der Waals surface area contributed by atoms with Crippen molar-refractivity contribution in [2.45, 2.75) is 13.0 Å². The van der Waals surface area contributed by atoms with Crippen LogP contribution in [0.15, 0.2) is 53.0 Å². The highest BCUT2D eigenvalue weighted by atomic mass is 79.9. The quantitative estimate of drug-likeness (QED) is 0.782. The van der Waals surface area contributed by atoms with Crippen molar-refractivity contribution >= 4 is 33.6 Å². The van der Waals surface area contributed by atoms with E-state index in [2.05, 4.69) is 26.6 Å². The van der Waals surface area contributed by atoms with Crippen LogP contribution in [0.3, 0.4) is 0 Å². The molecule has 0 heterocycles. The molecule has 1 atom stereocenters. The fourth-order valence-electron chi connectivity index (χ4n) is 2.04. The van der Waals surface area contributed by atoms with Gasteiger partial charge in [0.2, 0.25) is 0 Å². The molecule has 0 saturated heterocycles. The van der Waals surface area contributed by atoms with Gasteiger partial charge in [-0.1, -0.05) is 46.3 Å². The number of aryl methyl sites for hydroxylation is 1. The number of hydrogen-bond acceptors (Lipinski definition) is 3. The molecule has 0 fully saturated rings. The zero-order chi connectivity index (χ0) is 16.1. The van der Waals surface area contributed by atoms with Crippen LogP contribution in [0.5, 0.6) is 0 Å². The second kappa shape index (κ2) is 7.09. The molecule has 2 aromatic carbocycles. The molecule has 0 aliphatic carbocycles. The Morgan fingerprint density at radius 1 is 1.14 bits per heavy atom. The summed E-state index contributed by atoms with van der Waals surface area (Å²) in [6.45, 7) is 1.95. The van der Waals surface area contributed by atoms with Gasteiger partial charge in [-0.2, -0.15) is 0 Å². The number of nitrogens with one attached hydrogen (secondary N) is 2. The first kappa shape index (κ1) is 16.0. The van der Waals surface area contributed by atoms with Crippen molar-refractivity contribution in [2.24, 2.45) is 5.73 Å². The van der Waals surface area contributed by atoms with Crippen LogP contribution in [-0.2, 0) is 4.79 Å². The average molecular weight is 362 g/mol. The van der Waals surface area contributed by atoms with Crippen molar-refractivity contribution in [3.8, 4) is 0 Å². The molecule has 0 saturated carbocycles. The summed E-state index contributed by atoms with van der Waals surface area (Å²) < 4.78 is 0.982. The molecule has 0 radical (unpaired) electrons. The molecule has 0 spiro atoms. The van der Waals surface area contributed by atoms with Gasteiger partial charge in [0.05, 0.1) is 0 Å². The molecule has 22 heavy (non-hydrogen) atoms. The molecule has 0 aromatic heterocycles. The van der Waals surface area contributed by atoms with Crippen LogP contribution in [0.1, 0.15) is 17.2 Å². The third-order valence-electron chi connectivity index (χ3n) is 3.11. The summed E-state index contributed by atoms with van der Waals surface area (Å²) in [4.78, 5) is 23.2. The summed E-state index contributed by atoms with van der Waals surface area (Å²) in [5.74, 6) is -0.501. The van der Waals surface area contributed by atoms with Crippen LogP contribution >= 0.6 is 15.9 Å². The number of imide groups is 1. The van der Waals surface area contributed by atoms with Crippen LogP contribution in [0.2, 0.25) is 0 Å². The highest BCUT2D eigenvalue weighted by Crippen LogP contribution is 2.24. The van der Waals surface area contributed by atoms with Gasteiger partial charge in [0.25, 0.3) is 5.91 Å². The van der Waals surface area contributed by atoms with Crippen LogP contribution in [0.4, 0.5) is 10.5 Å². The lowest BCUT2D eigenvalue weighted by Gasteiger charge is -2.19. The van der Waals surface area contributed by atoms with Crippen molar-refractivity contribution in [3.63, 3.8) is 0 Å². The Labute approximate surface area is 137 Å². The van der Waals surface area contributed by atoms with Crippen LogP contribution in [0.25, 0.3) is 0 Å². The van der Waals surface area contributed by atoms with E-state index < -0.39 is 18.0 Å². The topological polar surface area (TPSA) is 84.2 Å². The summed E-state index contributed by atoms with van der Waals surface area (Å²) in [6, 6.07) is 13.2. The average Bonchev–Trinajstić information content (AvgIpc) is 2.48. The summed E-state index contributed by atoms with van der Waals surface area (Å²) in [7, 11) is 0. The highest BCUT2D eigenvalue weighted by molar-refractivity contribution is 9.10. The molecular weight excluding hydrogens is 346 g/mol. The number of carbonyl (C=O) groups is 2. The predicted molar refractivity (Wildman–Crippen MR) is 89.4 cm³/mol. The molecule has 0 aliphatic rings. The van der Waals surface area contributed by atoms with Gasteiger partial charge in [-0.05, 0) is 36.2 Å². The largest absolute Gasteiger partial charge is 0.370 e. The van der Waals surface area contributed by atoms with E-state index in [1.165, 1.54) is 0 Å². The molecule has 0 unspecified atom stereocenters. The number of rotatable bonds is 4. The van der Waals surface area contributed by atoms with E-state index in [1.54, 1.807) is 0 Å². The van der Waals surface area contributed by atoms with Crippen molar-refractivity contribution in [1.82, 2.24) is 5.32 Å². The molecule has 5 nitrogen and oxygen atoms in total. The molecule has 114 valence electrons. The van der Waals surface area contributed by atoms with E-state index in [4.69, 9.17) is 5.73 Å². The van der Waals surface area contributed by atoms with Gasteiger partial charge in [0.15, 0.2) is 0 Å². The van der Waals surface area contributed by atoms with Gasteiger partial charge in [0.1, 0.15) is 6.04 Å². The van der Waals surface area contributed by atoms with E-state index in [0.717, 1.165) is 21.3 Å². The Balaban J connectivity index is 2.30. The second-order valence-corrected chi connectivity index (χ2v) is 5.66. The van der Waals surface area contributed by atoms with Crippen LogP contribution in [-0.4, -0.2) is 11.9 Å². The number of hydrogen-bond donors (Lipinski definition) is 3. The van der Waals surface area contributed by atoms with Gasteiger partial charge in [0, 0.05) is 10.2 Å². The standard InChI is InChI=1S/C16H16BrN3O2/c1-10-9-12(7-8-13(10)17)19-14(15(21)20-16(18)22)11-5-3-2-4-6-11/h2-9,14,19H,1H3,(H3,18,20,21,22)/t14-/m0/s1. The number of urea groups is 1. The molecule has 2 aromatic rings. The zero-order valence-electron chi connectivity index (χ0n) is 12.0. The Hall–Kier alpha value is -2.34. The van der Waals surface area contributed by atoms with Gasteiger partial charge in [-0.25, -0.2) is 4.79 Å². The number of benzene rings is 2. The maximum Gasteiger partial charge on any atom is 0.318 e. The fourth-order valence-corrected chi connectivity index (χ4v) is 2.29. The summed E-state index contributed by atoms with van der Waals surface area (Å²) in [5, 5.41) is 5.24. The molecule has 0 bridgehead atoms. The van der Waals surface area contributed by atoms with E-state index in [9.17, 15) is 9.59 Å². The third kappa shape index (κ3) is 4.08. The minimum atomic E-state index is -0.875. The Morgan fingerprint density at radius 3 is 2.41 bits per heavy atom. The summed E-state index contributed by atoms with van der Waals surface area (Å²) >= 11 is 3.43. The lowest BCUT2D eigenvalue weighted by molar-refractivity contribution is -0.120. The fraction of sp³-hybridized carbons (Fsp3) is 0.125. The van der Waals surface area contributed by atoms with E-state index in [0.29, 0.717) is 0 Å². The first-order valence-electron chi connectivity index (χ1n) is 6.65. The molecule has 0 aliphatic heterocycles.